The van der Waals surface area contributed by atoms with Crippen LogP contribution in [-0.2, 0) is 4.74 Å². The molecule has 1 fully saturated rings. The van der Waals surface area contributed by atoms with Gasteiger partial charge in [0.1, 0.15) is 5.75 Å². The van der Waals surface area contributed by atoms with Gasteiger partial charge in [-0.05, 0) is 12.1 Å². The van der Waals surface area contributed by atoms with Crippen LogP contribution in [0.25, 0.3) is 0 Å². The third kappa shape index (κ3) is 4.88. The topological polar surface area (TPSA) is 96.6 Å². The van der Waals surface area contributed by atoms with Crippen molar-refractivity contribution in [2.24, 2.45) is 0 Å². The average molecular weight is 302 g/mol. The molecule has 0 radical (unpaired) electrons. The van der Waals surface area contributed by atoms with Crippen LogP contribution in [0.2, 0.25) is 0 Å². The van der Waals surface area contributed by atoms with E-state index in [4.69, 9.17) is 10.5 Å². The molecule has 1 aliphatic heterocycles. The van der Waals surface area contributed by atoms with Crippen LogP contribution in [0.5, 0.6) is 5.75 Å². The number of nitrogen functional groups attached to an aromatic ring is 1. The molecule has 1 amide bonds. The van der Waals surface area contributed by atoms with Crippen molar-refractivity contribution in [2.45, 2.75) is 6.10 Å². The van der Waals surface area contributed by atoms with Gasteiger partial charge >= 0.3 is 0 Å². The van der Waals surface area contributed by atoms with Crippen molar-refractivity contribution in [3.8, 4) is 5.75 Å². The van der Waals surface area contributed by atoms with Crippen LogP contribution in [0.3, 0.4) is 0 Å². The summed E-state index contributed by atoms with van der Waals surface area (Å²) in [6.45, 7) is 2.61. The third-order valence-electron chi connectivity index (χ3n) is 2.76. The van der Waals surface area contributed by atoms with E-state index in [9.17, 15) is 9.90 Å². The van der Waals surface area contributed by atoms with E-state index in [1.165, 1.54) is 18.5 Å². The molecule has 1 heterocycles. The molecule has 1 aromatic carbocycles. The second-order valence-electron chi connectivity index (χ2n) is 4.18. The summed E-state index contributed by atoms with van der Waals surface area (Å²) in [7, 11) is 0. The molecule has 5 N–H and O–H groups in total. The van der Waals surface area contributed by atoms with Gasteiger partial charge in [-0.3, -0.25) is 4.79 Å². The Morgan fingerprint density at radius 1 is 1.60 bits per heavy atom. The number of alkyl halides is 1. The average Bonchev–Trinajstić information content (AvgIpc) is 2.48. The van der Waals surface area contributed by atoms with Gasteiger partial charge in [0.05, 0.1) is 18.3 Å². The number of hydrogen-bond donors (Lipinski definition) is 4. The highest BCUT2D eigenvalue weighted by Crippen LogP contribution is 2.19. The number of phenolic OH excluding ortho intramolecular Hbond substituents is 1. The molecule has 20 heavy (non-hydrogen) atoms. The van der Waals surface area contributed by atoms with Gasteiger partial charge in [-0.15, -0.1) is 11.6 Å². The largest absolute Gasteiger partial charge is 0.507 e. The molecule has 0 saturated carbocycles. The number of aromatic hydroxyl groups is 1. The van der Waals surface area contributed by atoms with Gasteiger partial charge in [-0.2, -0.15) is 0 Å². The molecule has 2 rings (SSSR count). The lowest BCUT2D eigenvalue weighted by molar-refractivity contribution is 0.0287. The van der Waals surface area contributed by atoms with Crippen LogP contribution in [0.1, 0.15) is 10.4 Å². The van der Waals surface area contributed by atoms with E-state index in [1.54, 1.807) is 6.07 Å². The number of hydrogen-bond acceptors (Lipinski definition) is 5. The van der Waals surface area contributed by atoms with Crippen molar-refractivity contribution in [3.63, 3.8) is 0 Å². The Hall–Kier alpha value is -1.50. The highest BCUT2D eigenvalue weighted by atomic mass is 35.5. The first-order valence-electron chi connectivity index (χ1n) is 6.23. The second kappa shape index (κ2) is 8.63. The van der Waals surface area contributed by atoms with E-state index < -0.39 is 0 Å². The van der Waals surface area contributed by atoms with Gasteiger partial charge in [0, 0.05) is 37.8 Å². The number of amides is 1. The smallest absolute Gasteiger partial charge is 0.255 e. The molecule has 1 unspecified atom stereocenters. The summed E-state index contributed by atoms with van der Waals surface area (Å²) in [4.78, 5) is 11.8. The molecule has 0 spiro atoms. The summed E-state index contributed by atoms with van der Waals surface area (Å²) in [6, 6.07) is 4.43. The van der Waals surface area contributed by atoms with E-state index >= 15 is 0 Å². The maximum Gasteiger partial charge on any atom is 0.255 e. The standard InChI is InChI=1S/C12H17N3O3.CH3Cl/c13-8-1-2-10(11(16)5-8)12(17)15-7-9-6-14-3-4-18-9;1-2/h1-2,5,9,14,16H,3-4,6-7,13H2,(H,15,17);1H3. The minimum atomic E-state index is -0.332. The molecule has 0 aliphatic carbocycles. The van der Waals surface area contributed by atoms with Gasteiger partial charge < -0.3 is 26.2 Å². The summed E-state index contributed by atoms with van der Waals surface area (Å²) in [5, 5.41) is 15.5. The zero-order chi connectivity index (χ0) is 15.0. The van der Waals surface area contributed by atoms with Gasteiger partial charge in [-0.1, -0.05) is 0 Å². The normalized spacial score (nSPS) is 17.8. The maximum absolute atomic E-state index is 11.8. The first-order chi connectivity index (χ1) is 9.66. The van der Waals surface area contributed by atoms with Gasteiger partial charge in [0.25, 0.3) is 5.91 Å². The van der Waals surface area contributed by atoms with Gasteiger partial charge in [0.2, 0.25) is 0 Å². The monoisotopic (exact) mass is 301 g/mol. The lowest BCUT2D eigenvalue weighted by Crippen LogP contribution is -2.45. The van der Waals surface area contributed by atoms with Crippen molar-refractivity contribution in [1.29, 1.82) is 0 Å². The van der Waals surface area contributed by atoms with Crippen molar-refractivity contribution in [3.05, 3.63) is 23.8 Å². The number of nitrogens with one attached hydrogen (secondary N) is 2. The first-order valence-corrected chi connectivity index (χ1v) is 6.99. The van der Waals surface area contributed by atoms with E-state index in [1.807, 2.05) is 0 Å². The maximum atomic E-state index is 11.8. The molecule has 6 nitrogen and oxygen atoms in total. The Bertz CT molecular complexity index is 437. The first kappa shape index (κ1) is 16.6. The second-order valence-corrected chi connectivity index (χ2v) is 4.18. The summed E-state index contributed by atoms with van der Waals surface area (Å²) >= 11 is 4.64. The Morgan fingerprint density at radius 2 is 2.35 bits per heavy atom. The van der Waals surface area contributed by atoms with Gasteiger partial charge in [-0.25, -0.2) is 0 Å². The van der Waals surface area contributed by atoms with Crippen LogP contribution in [-0.4, -0.2) is 49.7 Å². The van der Waals surface area contributed by atoms with Gasteiger partial charge in [0.15, 0.2) is 0 Å². The number of rotatable bonds is 3. The Morgan fingerprint density at radius 3 is 2.95 bits per heavy atom. The number of halogens is 1. The Balaban J connectivity index is 0.000000956. The van der Waals surface area contributed by atoms with Crippen molar-refractivity contribution < 1.29 is 14.6 Å². The number of carbonyl (C=O) groups is 1. The van der Waals surface area contributed by atoms with E-state index in [0.29, 0.717) is 25.4 Å². The molecule has 0 bridgehead atoms. The molecule has 1 saturated heterocycles. The Kier molecular flexibility index (Phi) is 7.14. The van der Waals surface area contributed by atoms with Crippen LogP contribution in [0, 0.1) is 0 Å². The molecule has 1 aliphatic rings. The summed E-state index contributed by atoms with van der Waals surface area (Å²) in [5.74, 6) is -0.447. The summed E-state index contributed by atoms with van der Waals surface area (Å²) < 4.78 is 5.45. The van der Waals surface area contributed by atoms with Crippen molar-refractivity contribution in [2.75, 3.05) is 38.4 Å². The van der Waals surface area contributed by atoms with Crippen LogP contribution in [0.4, 0.5) is 5.69 Å². The molecule has 1 aromatic rings. The van der Waals surface area contributed by atoms with Crippen molar-refractivity contribution in [1.82, 2.24) is 10.6 Å². The molecular formula is C13H20ClN3O3. The molecular weight excluding hydrogens is 282 g/mol. The fourth-order valence-corrected chi connectivity index (χ4v) is 1.79. The lowest BCUT2D eigenvalue weighted by Gasteiger charge is -2.23. The number of ether oxygens (including phenoxy) is 1. The SMILES string of the molecule is CCl.Nc1ccc(C(=O)NCC2CNCCO2)c(O)c1. The number of carbonyl (C=O) groups excluding carboxylic acids is 1. The number of nitrogens with two attached hydrogens (primary N) is 1. The predicted octanol–water partition coefficient (Wildman–Crippen LogP) is 0.548. The molecule has 0 aromatic heterocycles. The highest BCUT2D eigenvalue weighted by molar-refractivity contribution is 6.15. The fraction of sp³-hybridized carbons (Fsp3) is 0.462. The number of morpholine rings is 1. The zero-order valence-corrected chi connectivity index (χ0v) is 12.1. The van der Waals surface area contributed by atoms with Crippen LogP contribution >= 0.6 is 11.6 Å². The summed E-state index contributed by atoms with van der Waals surface area (Å²) in [6.07, 6.45) is 1.44. The molecule has 1 atom stereocenters. The number of benzene rings is 1. The minimum absolute atomic E-state index is 0.0291. The quantitative estimate of drug-likeness (QED) is 0.483. The third-order valence-corrected chi connectivity index (χ3v) is 2.76. The fourth-order valence-electron chi connectivity index (χ4n) is 1.79. The summed E-state index contributed by atoms with van der Waals surface area (Å²) in [5.41, 5.74) is 6.13. The number of phenols is 1. The predicted molar refractivity (Wildman–Crippen MR) is 79.2 cm³/mol. The van der Waals surface area contributed by atoms with E-state index in [-0.39, 0.29) is 23.3 Å². The zero-order valence-electron chi connectivity index (χ0n) is 11.4. The molecule has 7 heteroatoms. The van der Waals surface area contributed by atoms with E-state index in [2.05, 4.69) is 22.2 Å². The Labute approximate surface area is 123 Å². The number of anilines is 1. The molecule has 112 valence electrons. The van der Waals surface area contributed by atoms with Crippen molar-refractivity contribution >= 4 is 23.2 Å². The van der Waals surface area contributed by atoms with Crippen LogP contribution in [0.15, 0.2) is 18.2 Å². The lowest BCUT2D eigenvalue weighted by atomic mass is 10.1. The highest BCUT2D eigenvalue weighted by Gasteiger charge is 2.16. The minimum Gasteiger partial charge on any atom is -0.507 e. The van der Waals surface area contributed by atoms with E-state index in [0.717, 1.165) is 6.54 Å². The van der Waals surface area contributed by atoms with Crippen LogP contribution < -0.4 is 16.4 Å².